The number of likely N-dealkylation sites (N-methyl/N-ethyl adjacent to an activating group) is 1. The molecule has 1 N–H and O–H groups in total. The highest BCUT2D eigenvalue weighted by Gasteiger charge is 2.23. The van der Waals surface area contributed by atoms with Crippen LogP contribution in [0.4, 0.5) is 0 Å². The van der Waals surface area contributed by atoms with Crippen LogP contribution >= 0.6 is 23.2 Å². The Bertz CT molecular complexity index is 657. The normalized spacial score (nSPS) is 17.2. The van der Waals surface area contributed by atoms with Crippen molar-refractivity contribution in [3.8, 4) is 16.9 Å². The molecule has 1 aliphatic rings. The van der Waals surface area contributed by atoms with Gasteiger partial charge in [-0.3, -0.25) is 0 Å². The molecule has 1 heterocycles. The van der Waals surface area contributed by atoms with Gasteiger partial charge in [0.05, 0.1) is 0 Å². The van der Waals surface area contributed by atoms with Gasteiger partial charge < -0.3 is 10.1 Å². The Morgan fingerprint density at radius 2 is 2.05 bits per heavy atom. The predicted octanol–water partition coefficient (Wildman–Crippen LogP) is 4.57. The Morgan fingerprint density at radius 1 is 1.19 bits per heavy atom. The maximum absolute atomic E-state index is 6.34. The summed E-state index contributed by atoms with van der Waals surface area (Å²) in [6.07, 6.45) is 2.25. The van der Waals surface area contributed by atoms with Gasteiger partial charge in [-0.25, -0.2) is 0 Å². The molecule has 21 heavy (non-hydrogen) atoms. The van der Waals surface area contributed by atoms with E-state index in [1.54, 1.807) is 6.07 Å². The summed E-state index contributed by atoms with van der Waals surface area (Å²) < 4.78 is 6.19. The number of benzene rings is 2. The zero-order valence-electron chi connectivity index (χ0n) is 11.8. The van der Waals surface area contributed by atoms with Gasteiger partial charge >= 0.3 is 0 Å². The summed E-state index contributed by atoms with van der Waals surface area (Å²) in [5.41, 5.74) is 3.17. The Balaban J connectivity index is 2.06. The topological polar surface area (TPSA) is 21.3 Å². The second kappa shape index (κ2) is 6.27. The average molecular weight is 322 g/mol. The molecule has 3 rings (SSSR count). The SMILES string of the molecule is CNC[C@H]1CCc2cccc(-c3cc(Cl)ccc3Cl)c2O1. The highest BCUT2D eigenvalue weighted by Crippen LogP contribution is 2.41. The molecule has 0 bridgehead atoms. The van der Waals surface area contributed by atoms with Crippen molar-refractivity contribution in [1.29, 1.82) is 0 Å². The van der Waals surface area contributed by atoms with Crippen molar-refractivity contribution < 1.29 is 4.74 Å². The first-order valence-electron chi connectivity index (χ1n) is 7.07. The van der Waals surface area contributed by atoms with E-state index < -0.39 is 0 Å². The fraction of sp³-hybridized carbons (Fsp3) is 0.294. The average Bonchev–Trinajstić information content (AvgIpc) is 2.49. The number of halogens is 2. The summed E-state index contributed by atoms with van der Waals surface area (Å²) in [6, 6.07) is 11.7. The number of hydrogen-bond donors (Lipinski definition) is 1. The minimum absolute atomic E-state index is 0.196. The van der Waals surface area contributed by atoms with E-state index in [1.165, 1.54) is 5.56 Å². The standard InChI is InChI=1S/C17H17Cl2NO/c1-20-10-13-7-5-11-3-2-4-14(17(11)21-13)15-9-12(18)6-8-16(15)19/h2-4,6,8-9,13,20H,5,7,10H2,1H3/t13-/m1/s1. The third-order valence-corrected chi connectivity index (χ3v) is 4.33. The molecule has 1 atom stereocenters. The van der Waals surface area contributed by atoms with Gasteiger partial charge in [-0.15, -0.1) is 0 Å². The van der Waals surface area contributed by atoms with E-state index in [1.807, 2.05) is 31.3 Å². The molecular weight excluding hydrogens is 305 g/mol. The smallest absolute Gasteiger partial charge is 0.130 e. The third-order valence-electron chi connectivity index (χ3n) is 3.77. The molecule has 0 unspecified atom stereocenters. The molecule has 0 saturated carbocycles. The van der Waals surface area contributed by atoms with Crippen LogP contribution in [0.3, 0.4) is 0 Å². The van der Waals surface area contributed by atoms with E-state index in [9.17, 15) is 0 Å². The van der Waals surface area contributed by atoms with Crippen LogP contribution in [0.2, 0.25) is 10.0 Å². The molecule has 2 aromatic carbocycles. The second-order valence-corrected chi connectivity index (χ2v) is 6.10. The number of nitrogens with one attached hydrogen (secondary N) is 1. The van der Waals surface area contributed by atoms with Crippen LogP contribution in [-0.4, -0.2) is 19.7 Å². The van der Waals surface area contributed by atoms with Crippen molar-refractivity contribution in [2.45, 2.75) is 18.9 Å². The van der Waals surface area contributed by atoms with Crippen LogP contribution in [-0.2, 0) is 6.42 Å². The lowest BCUT2D eigenvalue weighted by Gasteiger charge is -2.28. The van der Waals surface area contributed by atoms with Crippen LogP contribution in [0, 0.1) is 0 Å². The van der Waals surface area contributed by atoms with E-state index in [-0.39, 0.29) is 6.10 Å². The zero-order chi connectivity index (χ0) is 14.8. The molecule has 2 nitrogen and oxygen atoms in total. The van der Waals surface area contributed by atoms with Gasteiger partial charge in [0.1, 0.15) is 11.9 Å². The molecule has 110 valence electrons. The number of ether oxygens (including phenoxy) is 1. The first-order valence-corrected chi connectivity index (χ1v) is 7.83. The molecule has 0 aliphatic carbocycles. The third kappa shape index (κ3) is 3.03. The lowest BCUT2D eigenvalue weighted by Crippen LogP contribution is -2.32. The van der Waals surface area contributed by atoms with Gasteiger partial charge in [-0.05, 0) is 43.7 Å². The number of fused-ring (bicyclic) bond motifs is 1. The maximum atomic E-state index is 6.34. The summed E-state index contributed by atoms with van der Waals surface area (Å²) in [6.45, 7) is 0.844. The monoisotopic (exact) mass is 321 g/mol. The van der Waals surface area contributed by atoms with Crippen LogP contribution in [0.25, 0.3) is 11.1 Å². The fourth-order valence-corrected chi connectivity index (χ4v) is 3.14. The van der Waals surface area contributed by atoms with Crippen LogP contribution in [0.5, 0.6) is 5.75 Å². The number of para-hydroxylation sites is 1. The van der Waals surface area contributed by atoms with Gasteiger partial charge in [-0.1, -0.05) is 41.4 Å². The van der Waals surface area contributed by atoms with E-state index in [0.29, 0.717) is 10.0 Å². The van der Waals surface area contributed by atoms with Crippen molar-refractivity contribution in [1.82, 2.24) is 5.32 Å². The van der Waals surface area contributed by atoms with Gasteiger partial charge in [0.2, 0.25) is 0 Å². The molecule has 0 aromatic heterocycles. The molecule has 2 aromatic rings. The molecule has 1 aliphatic heterocycles. The predicted molar refractivity (Wildman–Crippen MR) is 88.6 cm³/mol. The maximum Gasteiger partial charge on any atom is 0.130 e. The lowest BCUT2D eigenvalue weighted by molar-refractivity contribution is 0.174. The zero-order valence-corrected chi connectivity index (χ0v) is 13.3. The summed E-state index contributed by atoms with van der Waals surface area (Å²) >= 11 is 12.5. The van der Waals surface area contributed by atoms with E-state index in [2.05, 4.69) is 11.4 Å². The first kappa shape index (κ1) is 14.7. The Hall–Kier alpha value is -1.22. The van der Waals surface area contributed by atoms with Gasteiger partial charge in [0, 0.05) is 27.7 Å². The van der Waals surface area contributed by atoms with E-state index >= 15 is 0 Å². The number of rotatable bonds is 3. The van der Waals surface area contributed by atoms with Gasteiger partial charge in [0.25, 0.3) is 0 Å². The Labute approximate surface area is 135 Å². The molecule has 0 spiro atoms. The highest BCUT2D eigenvalue weighted by molar-refractivity contribution is 6.35. The van der Waals surface area contributed by atoms with Crippen LogP contribution < -0.4 is 10.1 Å². The Morgan fingerprint density at radius 3 is 2.86 bits per heavy atom. The quantitative estimate of drug-likeness (QED) is 0.893. The van der Waals surface area contributed by atoms with Crippen molar-refractivity contribution >= 4 is 23.2 Å². The largest absolute Gasteiger partial charge is 0.488 e. The summed E-state index contributed by atoms with van der Waals surface area (Å²) in [7, 11) is 1.94. The van der Waals surface area contributed by atoms with E-state index in [4.69, 9.17) is 27.9 Å². The molecule has 0 fully saturated rings. The van der Waals surface area contributed by atoms with Crippen LogP contribution in [0.1, 0.15) is 12.0 Å². The molecule has 0 radical (unpaired) electrons. The molecule has 0 saturated heterocycles. The highest BCUT2D eigenvalue weighted by atomic mass is 35.5. The summed E-state index contributed by atoms with van der Waals surface area (Å²) in [5, 5.41) is 4.54. The molecular formula is C17H17Cl2NO. The first-order chi connectivity index (χ1) is 10.2. The van der Waals surface area contributed by atoms with Crippen molar-refractivity contribution in [3.63, 3.8) is 0 Å². The molecule has 4 heteroatoms. The molecule has 0 amide bonds. The number of hydrogen-bond acceptors (Lipinski definition) is 2. The van der Waals surface area contributed by atoms with Crippen molar-refractivity contribution in [2.75, 3.05) is 13.6 Å². The Kier molecular flexibility index (Phi) is 4.39. The van der Waals surface area contributed by atoms with Gasteiger partial charge in [0.15, 0.2) is 0 Å². The van der Waals surface area contributed by atoms with Crippen molar-refractivity contribution in [2.24, 2.45) is 0 Å². The fourth-order valence-electron chi connectivity index (χ4n) is 2.75. The second-order valence-electron chi connectivity index (χ2n) is 5.25. The number of aryl methyl sites for hydroxylation is 1. The summed E-state index contributed by atoms with van der Waals surface area (Å²) in [5.74, 6) is 0.938. The lowest BCUT2D eigenvalue weighted by atomic mass is 9.95. The minimum atomic E-state index is 0.196. The van der Waals surface area contributed by atoms with Crippen LogP contribution in [0.15, 0.2) is 36.4 Å². The van der Waals surface area contributed by atoms with E-state index in [0.717, 1.165) is 36.3 Å². The van der Waals surface area contributed by atoms with Gasteiger partial charge in [-0.2, -0.15) is 0 Å². The van der Waals surface area contributed by atoms with Crippen molar-refractivity contribution in [3.05, 3.63) is 52.0 Å². The minimum Gasteiger partial charge on any atom is -0.488 e. The summed E-state index contributed by atoms with van der Waals surface area (Å²) in [4.78, 5) is 0.